The second-order valence-corrected chi connectivity index (χ2v) is 7.42. The van der Waals surface area contributed by atoms with Crippen LogP contribution in [0.25, 0.3) is 0 Å². The van der Waals surface area contributed by atoms with Gasteiger partial charge in [-0.15, -0.1) is 0 Å². The van der Waals surface area contributed by atoms with Crippen molar-refractivity contribution < 1.29 is 0 Å². The van der Waals surface area contributed by atoms with Gasteiger partial charge in [0.15, 0.2) is 0 Å². The zero-order chi connectivity index (χ0) is 17.8. The normalized spacial score (nSPS) is 18.0. The predicted molar refractivity (Wildman–Crippen MR) is 107 cm³/mol. The van der Waals surface area contributed by atoms with Gasteiger partial charge >= 0.3 is 0 Å². The fourth-order valence-electron chi connectivity index (χ4n) is 3.54. The van der Waals surface area contributed by atoms with Gasteiger partial charge in [-0.25, -0.2) is 0 Å². The Hall–Kier alpha value is -2.08. The Morgan fingerprint density at radius 3 is 1.69 bits per heavy atom. The Bertz CT molecular complexity index is 687. The van der Waals surface area contributed by atoms with Crippen molar-refractivity contribution in [1.82, 2.24) is 15.0 Å². The van der Waals surface area contributed by atoms with Crippen molar-refractivity contribution in [3.63, 3.8) is 0 Å². The summed E-state index contributed by atoms with van der Waals surface area (Å²) >= 11 is 5.99. The summed E-state index contributed by atoms with van der Waals surface area (Å²) in [4.78, 5) is 18.8. The van der Waals surface area contributed by atoms with Gasteiger partial charge in [0.05, 0.1) is 0 Å². The molecule has 0 spiro atoms. The smallest absolute Gasteiger partial charge is 0.233 e. The maximum atomic E-state index is 5.99. The summed E-state index contributed by atoms with van der Waals surface area (Å²) in [5, 5.41) is 4.03. The molecule has 1 aromatic heterocycles. The lowest BCUT2D eigenvalue weighted by Crippen LogP contribution is -2.34. The molecule has 4 rings (SSSR count). The fourth-order valence-corrected chi connectivity index (χ4v) is 3.67. The Labute approximate surface area is 159 Å². The molecule has 0 aliphatic carbocycles. The lowest BCUT2D eigenvalue weighted by molar-refractivity contribution is 0.556. The molecule has 0 bridgehead atoms. The first kappa shape index (κ1) is 17.3. The maximum Gasteiger partial charge on any atom is 0.233 e. The topological polar surface area (TPSA) is 57.2 Å². The van der Waals surface area contributed by atoms with Gasteiger partial charge in [-0.05, 0) is 62.8 Å². The van der Waals surface area contributed by atoms with Crippen molar-refractivity contribution >= 4 is 35.1 Å². The van der Waals surface area contributed by atoms with E-state index < -0.39 is 0 Å². The molecule has 2 aliphatic rings. The molecule has 0 atom stereocenters. The highest BCUT2D eigenvalue weighted by Gasteiger charge is 2.20. The zero-order valence-corrected chi connectivity index (χ0v) is 15.8. The minimum Gasteiger partial charge on any atom is -0.341 e. The van der Waals surface area contributed by atoms with Crippen LogP contribution >= 0.6 is 11.6 Å². The molecule has 3 heterocycles. The zero-order valence-electron chi connectivity index (χ0n) is 15.0. The van der Waals surface area contributed by atoms with E-state index in [1.165, 1.54) is 38.5 Å². The molecule has 7 heteroatoms. The molecular weight excluding hydrogens is 348 g/mol. The molecule has 6 nitrogen and oxygen atoms in total. The first-order chi connectivity index (χ1) is 12.8. The third-order valence-electron chi connectivity index (χ3n) is 4.99. The highest BCUT2D eigenvalue weighted by molar-refractivity contribution is 6.30. The first-order valence-electron chi connectivity index (χ1n) is 9.56. The van der Waals surface area contributed by atoms with E-state index in [0.717, 1.165) is 43.8 Å². The quantitative estimate of drug-likeness (QED) is 0.865. The Morgan fingerprint density at radius 2 is 1.19 bits per heavy atom. The van der Waals surface area contributed by atoms with Gasteiger partial charge in [-0.1, -0.05) is 11.6 Å². The van der Waals surface area contributed by atoms with E-state index >= 15 is 0 Å². The molecule has 2 aromatic rings. The molecule has 26 heavy (non-hydrogen) atoms. The van der Waals surface area contributed by atoms with Crippen LogP contribution in [0.5, 0.6) is 0 Å². The molecule has 138 valence electrons. The molecule has 2 fully saturated rings. The third-order valence-corrected chi connectivity index (χ3v) is 5.24. The SMILES string of the molecule is Clc1ccc(Nc2nc(N3CCCCC3)nc(N3CCCCC3)n2)cc1. The van der Waals surface area contributed by atoms with Crippen LogP contribution in [-0.4, -0.2) is 41.1 Å². The molecule has 0 unspecified atom stereocenters. The van der Waals surface area contributed by atoms with Gasteiger partial charge in [0.25, 0.3) is 0 Å². The molecule has 1 aromatic carbocycles. The van der Waals surface area contributed by atoms with Crippen LogP contribution < -0.4 is 15.1 Å². The van der Waals surface area contributed by atoms with Gasteiger partial charge in [0.1, 0.15) is 0 Å². The second kappa shape index (κ2) is 8.08. The van der Waals surface area contributed by atoms with Crippen molar-refractivity contribution in [2.45, 2.75) is 38.5 Å². The van der Waals surface area contributed by atoms with Gasteiger partial charge in [0, 0.05) is 36.9 Å². The number of rotatable bonds is 4. The average Bonchev–Trinajstić information content (AvgIpc) is 2.71. The average molecular weight is 373 g/mol. The van der Waals surface area contributed by atoms with Gasteiger partial charge < -0.3 is 15.1 Å². The number of aromatic nitrogens is 3. The fraction of sp³-hybridized carbons (Fsp3) is 0.526. The van der Waals surface area contributed by atoms with Crippen LogP contribution in [0.1, 0.15) is 38.5 Å². The van der Waals surface area contributed by atoms with E-state index in [1.807, 2.05) is 24.3 Å². The van der Waals surface area contributed by atoms with Gasteiger partial charge in [-0.3, -0.25) is 0 Å². The van der Waals surface area contributed by atoms with Crippen LogP contribution in [-0.2, 0) is 0 Å². The summed E-state index contributed by atoms with van der Waals surface area (Å²) in [7, 11) is 0. The number of hydrogen-bond donors (Lipinski definition) is 1. The first-order valence-corrected chi connectivity index (χ1v) is 9.94. The number of benzene rings is 1. The Kier molecular flexibility index (Phi) is 5.39. The predicted octanol–water partition coefficient (Wildman–Crippen LogP) is 4.25. The van der Waals surface area contributed by atoms with Crippen LogP contribution in [0.3, 0.4) is 0 Å². The number of hydrogen-bond acceptors (Lipinski definition) is 6. The largest absolute Gasteiger partial charge is 0.341 e. The van der Waals surface area contributed by atoms with Crippen molar-refractivity contribution in [2.24, 2.45) is 0 Å². The van der Waals surface area contributed by atoms with E-state index in [4.69, 9.17) is 26.6 Å². The van der Waals surface area contributed by atoms with Gasteiger partial charge in [-0.2, -0.15) is 15.0 Å². The lowest BCUT2D eigenvalue weighted by atomic mass is 10.1. The summed E-state index contributed by atoms with van der Waals surface area (Å²) in [6, 6.07) is 7.60. The van der Waals surface area contributed by atoms with E-state index in [9.17, 15) is 0 Å². The molecule has 2 aliphatic heterocycles. The number of nitrogens with zero attached hydrogens (tertiary/aromatic N) is 5. The lowest BCUT2D eigenvalue weighted by Gasteiger charge is -2.30. The standard InChI is InChI=1S/C19H25ClN6/c20-15-7-9-16(10-8-15)21-17-22-18(25-11-3-1-4-12-25)24-19(23-17)26-13-5-2-6-14-26/h7-10H,1-6,11-14H2,(H,21,22,23,24). The number of anilines is 4. The molecular formula is C19H25ClN6. The summed E-state index contributed by atoms with van der Waals surface area (Å²) in [5.41, 5.74) is 0.926. The molecule has 0 saturated carbocycles. The van der Waals surface area contributed by atoms with Crippen LogP contribution in [0.2, 0.25) is 5.02 Å². The molecule has 2 saturated heterocycles. The number of nitrogens with one attached hydrogen (secondary N) is 1. The van der Waals surface area contributed by atoms with E-state index in [2.05, 4.69) is 15.1 Å². The molecule has 0 amide bonds. The Morgan fingerprint density at radius 1 is 0.692 bits per heavy atom. The highest BCUT2D eigenvalue weighted by Crippen LogP contribution is 2.24. The number of halogens is 1. The van der Waals surface area contributed by atoms with Crippen molar-refractivity contribution in [3.05, 3.63) is 29.3 Å². The minimum absolute atomic E-state index is 0.600. The van der Waals surface area contributed by atoms with Crippen molar-refractivity contribution in [3.8, 4) is 0 Å². The van der Waals surface area contributed by atoms with Crippen LogP contribution in [0.15, 0.2) is 24.3 Å². The third kappa shape index (κ3) is 4.18. The monoisotopic (exact) mass is 372 g/mol. The summed E-state index contributed by atoms with van der Waals surface area (Å²) in [6.45, 7) is 4.07. The summed E-state index contributed by atoms with van der Waals surface area (Å²) in [6.07, 6.45) is 7.37. The van der Waals surface area contributed by atoms with Gasteiger partial charge in [0.2, 0.25) is 17.8 Å². The van der Waals surface area contributed by atoms with E-state index in [1.54, 1.807) is 0 Å². The van der Waals surface area contributed by atoms with Crippen LogP contribution in [0, 0.1) is 0 Å². The Balaban J connectivity index is 1.63. The maximum absolute atomic E-state index is 5.99. The van der Waals surface area contributed by atoms with E-state index in [0.29, 0.717) is 11.0 Å². The number of piperidine rings is 2. The van der Waals surface area contributed by atoms with E-state index in [-0.39, 0.29) is 0 Å². The minimum atomic E-state index is 0.600. The highest BCUT2D eigenvalue weighted by atomic mass is 35.5. The van der Waals surface area contributed by atoms with Crippen LogP contribution in [0.4, 0.5) is 23.5 Å². The molecule has 0 radical (unpaired) electrons. The summed E-state index contributed by atoms with van der Waals surface area (Å²) < 4.78 is 0. The molecule has 1 N–H and O–H groups in total. The van der Waals surface area contributed by atoms with Crippen molar-refractivity contribution in [2.75, 3.05) is 41.3 Å². The van der Waals surface area contributed by atoms with Crippen molar-refractivity contribution in [1.29, 1.82) is 0 Å². The summed E-state index contributed by atoms with van der Waals surface area (Å²) in [5.74, 6) is 2.18. The second-order valence-electron chi connectivity index (χ2n) is 6.99.